The van der Waals surface area contributed by atoms with Crippen LogP contribution < -0.4 is 10.1 Å². The number of nitrogens with zero attached hydrogens (tertiary/aromatic N) is 1. The lowest BCUT2D eigenvalue weighted by atomic mass is 10.1. The molecule has 4 rings (SSSR count). The van der Waals surface area contributed by atoms with E-state index in [1.165, 1.54) is 11.3 Å². The molecule has 26 heavy (non-hydrogen) atoms. The van der Waals surface area contributed by atoms with Gasteiger partial charge >= 0.3 is 0 Å². The Morgan fingerprint density at radius 1 is 1.23 bits per heavy atom. The molecule has 0 radical (unpaired) electrons. The minimum absolute atomic E-state index is 0.103. The molecule has 0 saturated carbocycles. The van der Waals surface area contributed by atoms with Crippen LogP contribution in [0.25, 0.3) is 21.5 Å². The first-order valence-corrected chi connectivity index (χ1v) is 9.06. The van der Waals surface area contributed by atoms with Gasteiger partial charge in [-0.15, -0.1) is 11.3 Å². The number of nitrogens with one attached hydrogen (secondary N) is 2. The monoisotopic (exact) mass is 363 g/mol. The van der Waals surface area contributed by atoms with Crippen molar-refractivity contribution < 1.29 is 9.53 Å². The van der Waals surface area contributed by atoms with Crippen molar-refractivity contribution in [3.05, 3.63) is 65.7 Å². The molecule has 6 heteroatoms. The summed E-state index contributed by atoms with van der Waals surface area (Å²) in [5, 5.41) is 6.72. The van der Waals surface area contributed by atoms with Crippen molar-refractivity contribution in [2.45, 2.75) is 6.42 Å². The summed E-state index contributed by atoms with van der Waals surface area (Å²) in [5.74, 6) is 1.21. The number of benzene rings is 2. The van der Waals surface area contributed by atoms with E-state index in [-0.39, 0.29) is 12.3 Å². The van der Waals surface area contributed by atoms with Crippen molar-refractivity contribution in [3.8, 4) is 16.3 Å². The smallest absolute Gasteiger partial charge is 0.229 e. The zero-order chi connectivity index (χ0) is 17.9. The summed E-state index contributed by atoms with van der Waals surface area (Å²) in [6.45, 7) is 0. The van der Waals surface area contributed by atoms with E-state index >= 15 is 0 Å². The molecular weight excluding hydrogens is 346 g/mol. The van der Waals surface area contributed by atoms with Crippen molar-refractivity contribution in [2.75, 3.05) is 12.4 Å². The van der Waals surface area contributed by atoms with Gasteiger partial charge in [0.05, 0.1) is 13.5 Å². The van der Waals surface area contributed by atoms with Gasteiger partial charge in [0.2, 0.25) is 5.91 Å². The molecule has 2 N–H and O–H groups in total. The SMILES string of the molecule is COc1cccc(CC(=O)Nc2csc(-c3c[nH]c4ccccc34)n2)c1. The Morgan fingerprint density at radius 2 is 2.12 bits per heavy atom. The average molecular weight is 363 g/mol. The van der Waals surface area contributed by atoms with Crippen molar-refractivity contribution in [1.29, 1.82) is 0 Å². The summed E-state index contributed by atoms with van der Waals surface area (Å²) in [6, 6.07) is 15.6. The van der Waals surface area contributed by atoms with Crippen LogP contribution in [0, 0.1) is 0 Å². The average Bonchev–Trinajstić information content (AvgIpc) is 3.28. The van der Waals surface area contributed by atoms with Gasteiger partial charge in [0, 0.05) is 28.0 Å². The zero-order valence-electron chi connectivity index (χ0n) is 14.2. The number of fused-ring (bicyclic) bond motifs is 1. The zero-order valence-corrected chi connectivity index (χ0v) is 15.0. The van der Waals surface area contributed by atoms with Gasteiger partial charge in [0.15, 0.2) is 0 Å². The van der Waals surface area contributed by atoms with Crippen LogP contribution in [0.2, 0.25) is 0 Å². The number of aromatic nitrogens is 2. The molecule has 0 fully saturated rings. The summed E-state index contributed by atoms with van der Waals surface area (Å²) in [6.07, 6.45) is 2.22. The van der Waals surface area contributed by atoms with Gasteiger partial charge in [-0.25, -0.2) is 4.98 Å². The third-order valence-electron chi connectivity index (χ3n) is 4.09. The van der Waals surface area contributed by atoms with Gasteiger partial charge in [0.25, 0.3) is 0 Å². The molecule has 2 aromatic heterocycles. The van der Waals surface area contributed by atoms with Gasteiger partial charge in [-0.1, -0.05) is 30.3 Å². The molecular formula is C20H17N3O2S. The van der Waals surface area contributed by atoms with Crippen molar-refractivity contribution in [2.24, 2.45) is 0 Å². The van der Waals surface area contributed by atoms with E-state index < -0.39 is 0 Å². The van der Waals surface area contributed by atoms with Crippen LogP contribution in [0.1, 0.15) is 5.56 Å². The third kappa shape index (κ3) is 3.32. The highest BCUT2D eigenvalue weighted by molar-refractivity contribution is 7.13. The number of ether oxygens (including phenoxy) is 1. The second-order valence-corrected chi connectivity index (χ2v) is 6.72. The van der Waals surface area contributed by atoms with Gasteiger partial charge < -0.3 is 15.0 Å². The number of rotatable bonds is 5. The topological polar surface area (TPSA) is 67.0 Å². The number of anilines is 1. The Hall–Kier alpha value is -3.12. The van der Waals surface area contributed by atoms with Crippen molar-refractivity contribution >= 4 is 34.0 Å². The van der Waals surface area contributed by atoms with E-state index in [1.807, 2.05) is 54.0 Å². The van der Waals surface area contributed by atoms with E-state index in [0.29, 0.717) is 5.82 Å². The first-order chi connectivity index (χ1) is 12.7. The normalized spacial score (nSPS) is 10.8. The molecule has 1 amide bonds. The lowest BCUT2D eigenvalue weighted by molar-refractivity contribution is -0.115. The number of methoxy groups -OCH3 is 1. The number of hydrogen-bond acceptors (Lipinski definition) is 4. The van der Waals surface area contributed by atoms with E-state index in [2.05, 4.69) is 21.4 Å². The number of hydrogen-bond donors (Lipinski definition) is 2. The largest absolute Gasteiger partial charge is 0.497 e. The van der Waals surface area contributed by atoms with Crippen LogP contribution in [0.5, 0.6) is 5.75 Å². The Balaban J connectivity index is 1.49. The molecule has 2 heterocycles. The third-order valence-corrected chi connectivity index (χ3v) is 4.97. The Labute approximate surface area is 154 Å². The number of carbonyl (C=O) groups is 1. The molecule has 130 valence electrons. The van der Waals surface area contributed by atoms with Crippen molar-refractivity contribution in [1.82, 2.24) is 9.97 Å². The molecule has 0 aliphatic carbocycles. The maximum atomic E-state index is 12.3. The fourth-order valence-electron chi connectivity index (χ4n) is 2.86. The predicted molar refractivity (Wildman–Crippen MR) is 105 cm³/mol. The number of aromatic amines is 1. The Kier molecular flexibility index (Phi) is 4.41. The van der Waals surface area contributed by atoms with Crippen molar-refractivity contribution in [3.63, 3.8) is 0 Å². The lowest BCUT2D eigenvalue weighted by Crippen LogP contribution is -2.14. The second kappa shape index (κ2) is 7.01. The molecule has 0 aliphatic rings. The lowest BCUT2D eigenvalue weighted by Gasteiger charge is -2.04. The van der Waals surface area contributed by atoms with Gasteiger partial charge in [-0.2, -0.15) is 0 Å². The Bertz CT molecular complexity index is 1070. The molecule has 0 saturated heterocycles. The van der Waals surface area contributed by atoms with Gasteiger partial charge in [0.1, 0.15) is 16.6 Å². The van der Waals surface area contributed by atoms with Crippen LogP contribution >= 0.6 is 11.3 Å². The highest BCUT2D eigenvalue weighted by Crippen LogP contribution is 2.32. The fraction of sp³-hybridized carbons (Fsp3) is 0.100. The van der Waals surface area contributed by atoms with E-state index in [0.717, 1.165) is 32.8 Å². The van der Waals surface area contributed by atoms with E-state index in [1.54, 1.807) is 7.11 Å². The number of para-hydroxylation sites is 1. The quantitative estimate of drug-likeness (QED) is 0.549. The first-order valence-electron chi connectivity index (χ1n) is 8.18. The second-order valence-electron chi connectivity index (χ2n) is 5.86. The molecule has 0 unspecified atom stereocenters. The van der Waals surface area contributed by atoms with Crippen LogP contribution in [-0.4, -0.2) is 23.0 Å². The standard InChI is InChI=1S/C20H17N3O2S/c1-25-14-6-4-5-13(9-14)10-19(24)22-18-12-26-20(23-18)16-11-21-17-8-3-2-7-15(16)17/h2-9,11-12,21H,10H2,1H3,(H,22,24). The molecule has 4 aromatic rings. The number of thiazole rings is 1. The Morgan fingerprint density at radius 3 is 3.00 bits per heavy atom. The maximum Gasteiger partial charge on any atom is 0.229 e. The molecule has 0 aliphatic heterocycles. The van der Waals surface area contributed by atoms with Gasteiger partial charge in [-0.3, -0.25) is 4.79 Å². The molecule has 5 nitrogen and oxygen atoms in total. The highest BCUT2D eigenvalue weighted by Gasteiger charge is 2.12. The van der Waals surface area contributed by atoms with E-state index in [9.17, 15) is 4.79 Å². The molecule has 0 spiro atoms. The molecule has 0 bridgehead atoms. The number of amides is 1. The minimum Gasteiger partial charge on any atom is -0.497 e. The molecule has 0 atom stereocenters. The maximum absolute atomic E-state index is 12.3. The molecule has 2 aromatic carbocycles. The summed E-state index contributed by atoms with van der Waals surface area (Å²) in [4.78, 5) is 20.1. The summed E-state index contributed by atoms with van der Waals surface area (Å²) >= 11 is 1.51. The number of carbonyl (C=O) groups excluding carboxylic acids is 1. The summed E-state index contributed by atoms with van der Waals surface area (Å²) < 4.78 is 5.19. The highest BCUT2D eigenvalue weighted by atomic mass is 32.1. The van der Waals surface area contributed by atoms with Crippen LogP contribution in [0.3, 0.4) is 0 Å². The van der Waals surface area contributed by atoms with Crippen LogP contribution in [-0.2, 0) is 11.2 Å². The predicted octanol–water partition coefficient (Wildman–Crippen LogP) is 4.48. The summed E-state index contributed by atoms with van der Waals surface area (Å²) in [7, 11) is 1.61. The van der Waals surface area contributed by atoms with Crippen LogP contribution in [0.15, 0.2) is 60.1 Å². The van der Waals surface area contributed by atoms with E-state index in [4.69, 9.17) is 4.74 Å². The number of H-pyrrole nitrogens is 1. The van der Waals surface area contributed by atoms with Gasteiger partial charge in [-0.05, 0) is 23.8 Å². The minimum atomic E-state index is -0.103. The fourth-order valence-corrected chi connectivity index (χ4v) is 3.64. The first kappa shape index (κ1) is 16.4. The summed E-state index contributed by atoms with van der Waals surface area (Å²) in [5.41, 5.74) is 3.01. The van der Waals surface area contributed by atoms with Crippen LogP contribution in [0.4, 0.5) is 5.82 Å².